The quantitative estimate of drug-likeness (QED) is 0.640. The third-order valence-corrected chi connectivity index (χ3v) is 4.05. The second-order valence-corrected chi connectivity index (χ2v) is 6.20. The van der Waals surface area contributed by atoms with Gasteiger partial charge in [0, 0.05) is 5.33 Å². The third kappa shape index (κ3) is 6.36. The van der Waals surface area contributed by atoms with E-state index in [9.17, 15) is 0 Å². The molecule has 0 spiro atoms. The topological polar surface area (TPSA) is 0 Å². The van der Waals surface area contributed by atoms with Crippen LogP contribution in [0.5, 0.6) is 0 Å². The van der Waals surface area contributed by atoms with Crippen LogP contribution in [0, 0.1) is 11.8 Å². The summed E-state index contributed by atoms with van der Waals surface area (Å²) in [5.41, 5.74) is 0. The van der Waals surface area contributed by atoms with Crippen molar-refractivity contribution in [3.63, 3.8) is 0 Å². The molecule has 0 nitrogen and oxygen atoms in total. The van der Waals surface area contributed by atoms with Crippen LogP contribution in [0.4, 0.5) is 0 Å². The van der Waals surface area contributed by atoms with Crippen LogP contribution >= 0.6 is 27.7 Å². The molecule has 0 saturated heterocycles. The molecule has 0 aromatic carbocycles. The molecular weight excluding hydrogens is 232 g/mol. The molecule has 0 aliphatic rings. The molecule has 74 valence electrons. The number of thioether (sulfide) groups is 1. The Hall–Kier alpha value is 0.830. The van der Waals surface area contributed by atoms with Gasteiger partial charge in [-0.05, 0) is 29.3 Å². The molecule has 2 heteroatoms. The van der Waals surface area contributed by atoms with E-state index in [0.717, 1.165) is 22.4 Å². The highest BCUT2D eigenvalue weighted by Gasteiger charge is 2.11. The highest BCUT2D eigenvalue weighted by Crippen LogP contribution is 2.21. The minimum absolute atomic E-state index is 0.785. The molecule has 1 unspecified atom stereocenters. The Morgan fingerprint density at radius 3 is 2.08 bits per heavy atom. The zero-order chi connectivity index (χ0) is 9.56. The fourth-order valence-electron chi connectivity index (χ4n) is 1.04. The first-order valence-electron chi connectivity index (χ1n) is 4.75. The lowest BCUT2D eigenvalue weighted by molar-refractivity contribution is 0.420. The van der Waals surface area contributed by atoms with Gasteiger partial charge in [0.2, 0.25) is 0 Å². The lowest BCUT2D eigenvalue weighted by atomic mass is 9.96. The largest absolute Gasteiger partial charge is 0.159 e. The van der Waals surface area contributed by atoms with Crippen molar-refractivity contribution in [3.05, 3.63) is 0 Å². The molecule has 1 atom stereocenters. The van der Waals surface area contributed by atoms with E-state index in [0.29, 0.717) is 0 Å². The summed E-state index contributed by atoms with van der Waals surface area (Å²) in [5.74, 6) is 2.99. The van der Waals surface area contributed by atoms with Crippen molar-refractivity contribution in [1.29, 1.82) is 0 Å². The number of hydrogen-bond donors (Lipinski definition) is 0. The van der Waals surface area contributed by atoms with Gasteiger partial charge in [0.15, 0.2) is 0 Å². The average Bonchev–Trinajstić information content (AvgIpc) is 1.96. The molecule has 0 aliphatic carbocycles. The smallest absolute Gasteiger partial charge is 0.00624 e. The van der Waals surface area contributed by atoms with Crippen LogP contribution in [0.3, 0.4) is 0 Å². The predicted octanol–water partition coefficient (Wildman–Crippen LogP) is 4.19. The van der Waals surface area contributed by atoms with E-state index in [1.807, 2.05) is 0 Å². The summed E-state index contributed by atoms with van der Waals surface area (Å²) in [6.45, 7) is 9.16. The first-order chi connectivity index (χ1) is 5.57. The fourth-order valence-corrected chi connectivity index (χ4v) is 3.03. The Morgan fingerprint density at radius 1 is 1.17 bits per heavy atom. The van der Waals surface area contributed by atoms with Crippen LogP contribution in [-0.4, -0.2) is 16.3 Å². The van der Waals surface area contributed by atoms with Crippen molar-refractivity contribution in [1.82, 2.24) is 0 Å². The van der Waals surface area contributed by atoms with E-state index in [1.54, 1.807) is 0 Å². The summed E-state index contributed by atoms with van der Waals surface area (Å²) in [4.78, 5) is 0. The maximum absolute atomic E-state index is 3.57. The molecule has 0 aromatic rings. The van der Waals surface area contributed by atoms with Gasteiger partial charge < -0.3 is 0 Å². The maximum atomic E-state index is 3.57. The van der Waals surface area contributed by atoms with Crippen molar-refractivity contribution in [2.24, 2.45) is 11.8 Å². The molecular formula is C10H21BrS. The Bertz CT molecular complexity index is 102. The van der Waals surface area contributed by atoms with Crippen molar-refractivity contribution in [3.8, 4) is 0 Å². The number of alkyl halides is 1. The molecule has 12 heavy (non-hydrogen) atoms. The Balaban J connectivity index is 3.45. The van der Waals surface area contributed by atoms with Crippen molar-refractivity contribution in [2.45, 2.75) is 39.4 Å². The fraction of sp³-hybridized carbons (Fsp3) is 1.00. The van der Waals surface area contributed by atoms with Crippen LogP contribution < -0.4 is 0 Å². The van der Waals surface area contributed by atoms with Gasteiger partial charge >= 0.3 is 0 Å². The standard InChI is InChI=1S/C10H21BrS/c1-8(2)10(7-11)5-6-12-9(3)4/h8-10H,5-7H2,1-4H3. The van der Waals surface area contributed by atoms with Crippen molar-refractivity contribution in [2.75, 3.05) is 11.1 Å². The summed E-state index contributed by atoms with van der Waals surface area (Å²) in [5, 5.41) is 1.94. The van der Waals surface area contributed by atoms with Gasteiger partial charge in [0.05, 0.1) is 0 Å². The highest BCUT2D eigenvalue weighted by atomic mass is 79.9. The second-order valence-electron chi connectivity index (χ2n) is 3.87. The number of halogens is 1. The van der Waals surface area contributed by atoms with E-state index < -0.39 is 0 Å². The molecule has 0 amide bonds. The summed E-state index contributed by atoms with van der Waals surface area (Å²) in [6, 6.07) is 0. The first-order valence-corrected chi connectivity index (χ1v) is 6.92. The van der Waals surface area contributed by atoms with Gasteiger partial charge in [-0.25, -0.2) is 0 Å². The zero-order valence-electron chi connectivity index (χ0n) is 8.64. The van der Waals surface area contributed by atoms with Crippen LogP contribution in [-0.2, 0) is 0 Å². The normalized spacial score (nSPS) is 14.2. The Kier molecular flexibility index (Phi) is 7.76. The zero-order valence-corrected chi connectivity index (χ0v) is 11.0. The predicted molar refractivity (Wildman–Crippen MR) is 64.3 cm³/mol. The Labute approximate surface area is 90.0 Å². The first kappa shape index (κ1) is 12.8. The average molecular weight is 253 g/mol. The molecule has 0 fully saturated rings. The molecule has 0 bridgehead atoms. The van der Waals surface area contributed by atoms with E-state index in [2.05, 4.69) is 55.4 Å². The molecule has 0 heterocycles. The SMILES string of the molecule is CC(C)SCCC(CBr)C(C)C. The maximum Gasteiger partial charge on any atom is 0.00624 e. The van der Waals surface area contributed by atoms with Crippen molar-refractivity contribution >= 4 is 27.7 Å². The Morgan fingerprint density at radius 2 is 1.75 bits per heavy atom. The lowest BCUT2D eigenvalue weighted by Gasteiger charge is -2.18. The monoisotopic (exact) mass is 252 g/mol. The molecule has 0 rings (SSSR count). The van der Waals surface area contributed by atoms with E-state index >= 15 is 0 Å². The molecule has 0 radical (unpaired) electrons. The van der Waals surface area contributed by atoms with Gasteiger partial charge in [-0.3, -0.25) is 0 Å². The number of rotatable bonds is 6. The minimum Gasteiger partial charge on any atom is -0.159 e. The molecule has 0 saturated carbocycles. The van der Waals surface area contributed by atoms with Gasteiger partial charge in [0.1, 0.15) is 0 Å². The summed E-state index contributed by atoms with van der Waals surface area (Å²) in [6.07, 6.45) is 1.35. The van der Waals surface area contributed by atoms with Crippen LogP contribution in [0.15, 0.2) is 0 Å². The highest BCUT2D eigenvalue weighted by molar-refractivity contribution is 9.09. The van der Waals surface area contributed by atoms with Crippen LogP contribution in [0.25, 0.3) is 0 Å². The van der Waals surface area contributed by atoms with Gasteiger partial charge in [0.25, 0.3) is 0 Å². The van der Waals surface area contributed by atoms with E-state index in [-0.39, 0.29) is 0 Å². The van der Waals surface area contributed by atoms with Crippen LogP contribution in [0.1, 0.15) is 34.1 Å². The summed E-state index contributed by atoms with van der Waals surface area (Å²) in [7, 11) is 0. The van der Waals surface area contributed by atoms with Crippen molar-refractivity contribution < 1.29 is 0 Å². The molecule has 0 N–H and O–H groups in total. The second kappa shape index (κ2) is 7.25. The number of hydrogen-bond acceptors (Lipinski definition) is 1. The minimum atomic E-state index is 0.785. The van der Waals surface area contributed by atoms with E-state index in [1.165, 1.54) is 12.2 Å². The van der Waals surface area contributed by atoms with Gasteiger partial charge in [-0.2, -0.15) is 11.8 Å². The van der Waals surface area contributed by atoms with Crippen LogP contribution in [0.2, 0.25) is 0 Å². The third-order valence-electron chi connectivity index (χ3n) is 2.08. The summed E-state index contributed by atoms with van der Waals surface area (Å²) < 4.78 is 0. The van der Waals surface area contributed by atoms with Gasteiger partial charge in [-0.1, -0.05) is 43.6 Å². The molecule has 0 aromatic heterocycles. The van der Waals surface area contributed by atoms with E-state index in [4.69, 9.17) is 0 Å². The summed E-state index contributed by atoms with van der Waals surface area (Å²) >= 11 is 5.65. The molecule has 0 aliphatic heterocycles. The lowest BCUT2D eigenvalue weighted by Crippen LogP contribution is -2.11. The van der Waals surface area contributed by atoms with Gasteiger partial charge in [-0.15, -0.1) is 0 Å².